The van der Waals surface area contributed by atoms with Crippen LogP contribution in [0.25, 0.3) is 0 Å². The second-order valence-electron chi connectivity index (χ2n) is 5.48. The van der Waals surface area contributed by atoms with E-state index in [-0.39, 0.29) is 12.1 Å². The summed E-state index contributed by atoms with van der Waals surface area (Å²) in [7, 11) is 3.72. The Hall–Kier alpha value is -0.910. The van der Waals surface area contributed by atoms with Crippen LogP contribution in [-0.2, 0) is 11.8 Å². The third-order valence-electron chi connectivity index (χ3n) is 3.98. The summed E-state index contributed by atoms with van der Waals surface area (Å²) in [5.41, 5.74) is 8.79. The van der Waals surface area contributed by atoms with E-state index < -0.39 is 0 Å². The lowest BCUT2D eigenvalue weighted by atomic mass is 9.97. The minimum Gasteiger partial charge on any atom is -0.383 e. The highest BCUT2D eigenvalue weighted by molar-refractivity contribution is 5.22. The molecule has 1 saturated heterocycles. The molecule has 2 heterocycles. The SMILES string of the molecule is COCCN1CCCCC(N)C1c1cn(C)nc1C. The monoisotopic (exact) mass is 266 g/mol. The molecule has 2 atom stereocenters. The van der Waals surface area contributed by atoms with Crippen LogP contribution < -0.4 is 5.73 Å². The highest BCUT2D eigenvalue weighted by atomic mass is 16.5. The van der Waals surface area contributed by atoms with Crippen LogP contribution in [0.15, 0.2) is 6.20 Å². The number of rotatable bonds is 4. The van der Waals surface area contributed by atoms with Gasteiger partial charge in [-0.05, 0) is 26.3 Å². The number of hydrogen-bond donors (Lipinski definition) is 1. The lowest BCUT2D eigenvalue weighted by Crippen LogP contribution is -2.41. The van der Waals surface area contributed by atoms with Crippen LogP contribution in [0.2, 0.25) is 0 Å². The van der Waals surface area contributed by atoms with Crippen molar-refractivity contribution in [1.29, 1.82) is 0 Å². The first-order chi connectivity index (χ1) is 9.13. The zero-order valence-corrected chi connectivity index (χ0v) is 12.3. The first kappa shape index (κ1) is 14.5. The van der Waals surface area contributed by atoms with Crippen molar-refractivity contribution in [3.63, 3.8) is 0 Å². The van der Waals surface area contributed by atoms with Gasteiger partial charge in [-0.3, -0.25) is 9.58 Å². The topological polar surface area (TPSA) is 56.3 Å². The molecule has 1 aliphatic heterocycles. The standard InChI is InChI=1S/C14H26N4O/c1-11-12(10-17(2)16-11)14-13(15)6-4-5-7-18(14)8-9-19-3/h10,13-14H,4-9,15H2,1-3H3. The van der Waals surface area contributed by atoms with Crippen molar-refractivity contribution >= 4 is 0 Å². The van der Waals surface area contributed by atoms with Gasteiger partial charge in [0.05, 0.1) is 18.3 Å². The molecule has 2 N–H and O–H groups in total. The average Bonchev–Trinajstić information content (AvgIpc) is 2.59. The Morgan fingerprint density at radius 1 is 1.47 bits per heavy atom. The number of methoxy groups -OCH3 is 1. The van der Waals surface area contributed by atoms with E-state index in [2.05, 4.69) is 23.1 Å². The van der Waals surface area contributed by atoms with E-state index in [4.69, 9.17) is 10.5 Å². The van der Waals surface area contributed by atoms with Gasteiger partial charge in [0.25, 0.3) is 0 Å². The van der Waals surface area contributed by atoms with Crippen molar-refractivity contribution in [2.45, 2.75) is 38.3 Å². The third kappa shape index (κ3) is 3.35. The van der Waals surface area contributed by atoms with Crippen LogP contribution in [-0.4, -0.2) is 47.5 Å². The third-order valence-corrected chi connectivity index (χ3v) is 3.98. The number of aryl methyl sites for hydroxylation is 2. The molecule has 2 rings (SSSR count). The highest BCUT2D eigenvalue weighted by Crippen LogP contribution is 2.30. The van der Waals surface area contributed by atoms with Crippen LogP contribution in [0.1, 0.15) is 36.6 Å². The molecule has 19 heavy (non-hydrogen) atoms. The van der Waals surface area contributed by atoms with Gasteiger partial charge in [0, 0.05) is 38.5 Å². The molecule has 1 aromatic rings. The van der Waals surface area contributed by atoms with Crippen LogP contribution in [0.4, 0.5) is 0 Å². The predicted octanol–water partition coefficient (Wildman–Crippen LogP) is 1.23. The average molecular weight is 266 g/mol. The molecule has 0 aliphatic carbocycles. The van der Waals surface area contributed by atoms with Crippen molar-refractivity contribution in [3.05, 3.63) is 17.5 Å². The summed E-state index contributed by atoms with van der Waals surface area (Å²) in [6, 6.07) is 0.452. The number of nitrogens with zero attached hydrogens (tertiary/aromatic N) is 3. The van der Waals surface area contributed by atoms with Crippen LogP contribution in [0, 0.1) is 6.92 Å². The summed E-state index contributed by atoms with van der Waals surface area (Å²) in [6.45, 7) is 4.85. The normalized spacial score (nSPS) is 25.5. The van der Waals surface area contributed by atoms with Crippen molar-refractivity contribution in [2.75, 3.05) is 26.8 Å². The fourth-order valence-corrected chi connectivity index (χ4v) is 3.06. The number of ether oxygens (including phenoxy) is 1. The molecule has 0 bridgehead atoms. The summed E-state index contributed by atoms with van der Waals surface area (Å²) in [5.74, 6) is 0. The maximum atomic E-state index is 6.43. The van der Waals surface area contributed by atoms with E-state index in [0.29, 0.717) is 0 Å². The van der Waals surface area contributed by atoms with E-state index in [9.17, 15) is 0 Å². The number of nitrogens with two attached hydrogens (primary N) is 1. The number of aromatic nitrogens is 2. The van der Waals surface area contributed by atoms with Gasteiger partial charge < -0.3 is 10.5 Å². The summed E-state index contributed by atoms with van der Waals surface area (Å²) in [5, 5.41) is 4.47. The summed E-state index contributed by atoms with van der Waals surface area (Å²) >= 11 is 0. The van der Waals surface area contributed by atoms with Gasteiger partial charge >= 0.3 is 0 Å². The molecule has 1 aliphatic rings. The molecule has 2 unspecified atom stereocenters. The van der Waals surface area contributed by atoms with E-state index in [0.717, 1.165) is 31.8 Å². The van der Waals surface area contributed by atoms with E-state index in [1.807, 2.05) is 11.7 Å². The minimum atomic E-state index is 0.183. The van der Waals surface area contributed by atoms with Gasteiger partial charge in [-0.1, -0.05) is 6.42 Å². The molecule has 0 radical (unpaired) electrons. The van der Waals surface area contributed by atoms with Gasteiger partial charge in [-0.15, -0.1) is 0 Å². The zero-order valence-electron chi connectivity index (χ0n) is 12.3. The van der Waals surface area contributed by atoms with Gasteiger partial charge in [0.1, 0.15) is 0 Å². The lowest BCUT2D eigenvalue weighted by Gasteiger charge is -2.33. The maximum Gasteiger partial charge on any atom is 0.0642 e. The molecule has 0 amide bonds. The molecule has 108 valence electrons. The second-order valence-corrected chi connectivity index (χ2v) is 5.48. The smallest absolute Gasteiger partial charge is 0.0642 e. The molecule has 1 fully saturated rings. The number of likely N-dealkylation sites (tertiary alicyclic amines) is 1. The summed E-state index contributed by atoms with van der Waals surface area (Å²) < 4.78 is 7.12. The van der Waals surface area contributed by atoms with Gasteiger partial charge in [-0.2, -0.15) is 5.10 Å². The fourth-order valence-electron chi connectivity index (χ4n) is 3.06. The Morgan fingerprint density at radius 3 is 2.89 bits per heavy atom. The molecule has 0 spiro atoms. The highest BCUT2D eigenvalue weighted by Gasteiger charge is 2.30. The Balaban J connectivity index is 2.25. The molecule has 0 aromatic carbocycles. The largest absolute Gasteiger partial charge is 0.383 e. The first-order valence-corrected chi connectivity index (χ1v) is 7.12. The van der Waals surface area contributed by atoms with Crippen molar-refractivity contribution in [1.82, 2.24) is 14.7 Å². The van der Waals surface area contributed by atoms with E-state index >= 15 is 0 Å². The Kier molecular flexibility index (Phi) is 4.96. The molecular formula is C14H26N4O. The van der Waals surface area contributed by atoms with Crippen molar-refractivity contribution < 1.29 is 4.74 Å². The Morgan fingerprint density at radius 2 is 2.26 bits per heavy atom. The molecule has 5 nitrogen and oxygen atoms in total. The first-order valence-electron chi connectivity index (χ1n) is 7.12. The predicted molar refractivity (Wildman–Crippen MR) is 76.0 cm³/mol. The lowest BCUT2D eigenvalue weighted by molar-refractivity contribution is 0.114. The summed E-state index contributed by atoms with van der Waals surface area (Å²) in [6.07, 6.45) is 5.63. The van der Waals surface area contributed by atoms with Gasteiger partial charge in [0.15, 0.2) is 0 Å². The number of hydrogen-bond acceptors (Lipinski definition) is 4. The minimum absolute atomic E-state index is 0.183. The van der Waals surface area contributed by atoms with Gasteiger partial charge in [0.2, 0.25) is 0 Å². The Labute approximate surface area is 115 Å². The Bertz CT molecular complexity index is 404. The molecular weight excluding hydrogens is 240 g/mol. The second kappa shape index (κ2) is 6.50. The summed E-state index contributed by atoms with van der Waals surface area (Å²) in [4.78, 5) is 2.46. The van der Waals surface area contributed by atoms with Crippen molar-refractivity contribution in [3.8, 4) is 0 Å². The fraction of sp³-hybridized carbons (Fsp3) is 0.786. The van der Waals surface area contributed by atoms with Crippen LogP contribution >= 0.6 is 0 Å². The molecule has 0 saturated carbocycles. The molecule has 5 heteroatoms. The van der Waals surface area contributed by atoms with E-state index in [1.165, 1.54) is 18.4 Å². The van der Waals surface area contributed by atoms with E-state index in [1.54, 1.807) is 7.11 Å². The maximum absolute atomic E-state index is 6.43. The van der Waals surface area contributed by atoms with Crippen LogP contribution in [0.3, 0.4) is 0 Å². The molecule has 1 aromatic heterocycles. The quantitative estimate of drug-likeness (QED) is 0.890. The van der Waals surface area contributed by atoms with Crippen molar-refractivity contribution in [2.24, 2.45) is 12.8 Å². The zero-order chi connectivity index (χ0) is 13.8. The van der Waals surface area contributed by atoms with Crippen LogP contribution in [0.5, 0.6) is 0 Å². The van der Waals surface area contributed by atoms with Gasteiger partial charge in [-0.25, -0.2) is 0 Å².